The van der Waals surface area contributed by atoms with E-state index in [9.17, 15) is 4.79 Å². The molecule has 26 heavy (non-hydrogen) atoms. The maximum absolute atomic E-state index is 10.7. The summed E-state index contributed by atoms with van der Waals surface area (Å²) in [5, 5.41) is 19.2. The summed E-state index contributed by atoms with van der Waals surface area (Å²) in [6.45, 7) is 1.18. The SMILES string of the molecule is O=C(O)C[n+]1nc(-c2cnc(N3CC(Oc4ccccc4)C3)cn2)n[nH]1. The molecular weight excluding hydrogens is 338 g/mol. The van der Waals surface area contributed by atoms with Gasteiger partial charge in [0, 0.05) is 0 Å². The predicted molar refractivity (Wildman–Crippen MR) is 88.3 cm³/mol. The Hall–Kier alpha value is -3.56. The number of nitrogens with zero attached hydrogens (tertiary/aromatic N) is 6. The van der Waals surface area contributed by atoms with Crippen molar-refractivity contribution in [3.8, 4) is 17.3 Å². The summed E-state index contributed by atoms with van der Waals surface area (Å²) in [5.41, 5.74) is 0.465. The van der Waals surface area contributed by atoms with E-state index in [1.807, 2.05) is 30.3 Å². The summed E-state index contributed by atoms with van der Waals surface area (Å²) < 4.78 is 5.86. The van der Waals surface area contributed by atoms with Gasteiger partial charge in [-0.05, 0) is 27.2 Å². The largest absolute Gasteiger partial charge is 0.487 e. The highest BCUT2D eigenvalue weighted by Crippen LogP contribution is 2.22. The van der Waals surface area contributed by atoms with Gasteiger partial charge in [0.2, 0.25) is 6.54 Å². The van der Waals surface area contributed by atoms with E-state index in [2.05, 4.69) is 30.3 Å². The van der Waals surface area contributed by atoms with Crippen molar-refractivity contribution in [1.29, 1.82) is 0 Å². The first-order valence-electron chi connectivity index (χ1n) is 8.01. The normalized spacial score (nSPS) is 14.1. The molecule has 1 saturated heterocycles. The molecule has 0 spiro atoms. The molecule has 0 saturated carbocycles. The van der Waals surface area contributed by atoms with Crippen molar-refractivity contribution in [1.82, 2.24) is 25.4 Å². The van der Waals surface area contributed by atoms with Crippen LogP contribution in [0.3, 0.4) is 0 Å². The average molecular weight is 354 g/mol. The third kappa shape index (κ3) is 3.43. The maximum Gasteiger partial charge on any atom is 0.358 e. The van der Waals surface area contributed by atoms with Crippen LogP contribution in [0.25, 0.3) is 11.5 Å². The minimum absolute atomic E-state index is 0.127. The lowest BCUT2D eigenvalue weighted by atomic mass is 10.1. The molecule has 132 valence electrons. The van der Waals surface area contributed by atoms with Gasteiger partial charge in [0.15, 0.2) is 5.69 Å². The number of rotatable bonds is 6. The monoisotopic (exact) mass is 354 g/mol. The Balaban J connectivity index is 1.35. The second-order valence-electron chi connectivity index (χ2n) is 5.80. The number of aromatic nitrogens is 6. The van der Waals surface area contributed by atoms with Crippen LogP contribution in [0.15, 0.2) is 42.7 Å². The second kappa shape index (κ2) is 6.75. The van der Waals surface area contributed by atoms with Gasteiger partial charge in [-0.15, -0.1) is 0 Å². The zero-order valence-electron chi connectivity index (χ0n) is 13.7. The zero-order chi connectivity index (χ0) is 17.9. The number of ether oxygens (including phenoxy) is 1. The molecule has 1 aliphatic rings. The smallest absolute Gasteiger partial charge is 0.358 e. The molecular formula is C16H16N7O3+. The van der Waals surface area contributed by atoms with Crippen LogP contribution < -0.4 is 14.4 Å². The number of H-pyrrole nitrogens is 1. The summed E-state index contributed by atoms with van der Waals surface area (Å²) >= 11 is 0. The molecule has 0 aliphatic carbocycles. The van der Waals surface area contributed by atoms with Crippen molar-refractivity contribution >= 4 is 11.8 Å². The van der Waals surface area contributed by atoms with E-state index in [0.29, 0.717) is 11.5 Å². The zero-order valence-corrected chi connectivity index (χ0v) is 13.7. The van der Waals surface area contributed by atoms with Crippen molar-refractivity contribution in [2.75, 3.05) is 18.0 Å². The second-order valence-corrected chi connectivity index (χ2v) is 5.80. The first-order chi connectivity index (χ1) is 12.7. The van der Waals surface area contributed by atoms with Gasteiger partial charge in [-0.25, -0.2) is 14.8 Å². The molecule has 0 bridgehead atoms. The standard InChI is InChI=1S/C16H15N7O3/c24-15(25)10-23-20-16(19-21-23)13-6-18-14(7-17-13)22-8-12(9-22)26-11-4-2-1-3-5-11/h1-7,12H,8-10H2,(H,24,25)/p+1. The van der Waals surface area contributed by atoms with Crippen LogP contribution in [0.5, 0.6) is 5.75 Å². The molecule has 3 aromatic rings. The molecule has 1 aromatic carbocycles. The number of hydrogen-bond acceptors (Lipinski definition) is 7. The van der Waals surface area contributed by atoms with Crippen molar-refractivity contribution in [2.24, 2.45) is 0 Å². The van der Waals surface area contributed by atoms with E-state index in [0.717, 1.165) is 29.5 Å². The fourth-order valence-corrected chi connectivity index (χ4v) is 2.56. The molecule has 10 nitrogen and oxygen atoms in total. The fourth-order valence-electron chi connectivity index (χ4n) is 2.56. The lowest BCUT2D eigenvalue weighted by Crippen LogP contribution is -2.54. The van der Waals surface area contributed by atoms with Crippen molar-refractivity contribution in [3.05, 3.63) is 42.7 Å². The topological polar surface area (TPSA) is 121 Å². The minimum Gasteiger partial charge on any atom is -0.487 e. The van der Waals surface area contributed by atoms with Crippen LogP contribution in [0.1, 0.15) is 0 Å². The highest BCUT2D eigenvalue weighted by Gasteiger charge is 2.30. The Morgan fingerprint density at radius 2 is 2.08 bits per heavy atom. The van der Waals surface area contributed by atoms with E-state index in [-0.39, 0.29) is 12.6 Å². The molecule has 4 rings (SSSR count). The lowest BCUT2D eigenvalue weighted by molar-refractivity contribution is -0.795. The fraction of sp³-hybridized carbons (Fsp3) is 0.250. The van der Waals surface area contributed by atoms with Crippen LogP contribution >= 0.6 is 0 Å². The molecule has 0 amide bonds. The van der Waals surface area contributed by atoms with Gasteiger partial charge in [-0.1, -0.05) is 18.2 Å². The summed E-state index contributed by atoms with van der Waals surface area (Å²) in [7, 11) is 0. The molecule has 2 aromatic heterocycles. The summed E-state index contributed by atoms with van der Waals surface area (Å²) in [6, 6.07) is 9.71. The lowest BCUT2D eigenvalue weighted by Gasteiger charge is -2.39. The summed E-state index contributed by atoms with van der Waals surface area (Å²) in [5.74, 6) is 0.886. The predicted octanol–water partition coefficient (Wildman–Crippen LogP) is -0.0986. The molecule has 0 unspecified atom stereocenters. The van der Waals surface area contributed by atoms with Crippen molar-refractivity contribution in [2.45, 2.75) is 12.6 Å². The molecule has 2 N–H and O–H groups in total. The van der Waals surface area contributed by atoms with Gasteiger partial charge in [-0.2, -0.15) is 0 Å². The number of aliphatic carboxylic acids is 1. The Bertz CT molecular complexity index is 892. The quantitative estimate of drug-likeness (QED) is 0.589. The number of hydrogen-bond donors (Lipinski definition) is 2. The van der Waals surface area contributed by atoms with E-state index in [1.54, 1.807) is 12.4 Å². The number of carboxylic acids is 1. The van der Waals surface area contributed by atoms with E-state index in [1.165, 1.54) is 0 Å². The highest BCUT2D eigenvalue weighted by atomic mass is 16.5. The molecule has 0 atom stereocenters. The van der Waals surface area contributed by atoms with Crippen molar-refractivity contribution < 1.29 is 19.4 Å². The Morgan fingerprint density at radius 3 is 2.77 bits per heavy atom. The molecule has 10 heteroatoms. The first kappa shape index (κ1) is 15.9. The summed E-state index contributed by atoms with van der Waals surface area (Å²) in [6.07, 6.45) is 3.34. The summed E-state index contributed by atoms with van der Waals surface area (Å²) in [4.78, 5) is 22.5. The number of nitrogens with one attached hydrogen (secondary N) is 1. The van der Waals surface area contributed by atoms with Crippen LogP contribution in [0.4, 0.5) is 5.82 Å². The third-order valence-electron chi connectivity index (χ3n) is 3.86. The van der Waals surface area contributed by atoms with Crippen LogP contribution in [0, 0.1) is 0 Å². The number of anilines is 1. The number of para-hydroxylation sites is 1. The third-order valence-corrected chi connectivity index (χ3v) is 3.86. The average Bonchev–Trinajstić information content (AvgIpc) is 3.07. The number of carbonyl (C=O) groups is 1. The van der Waals surface area contributed by atoms with Gasteiger partial charge in [0.1, 0.15) is 17.7 Å². The molecule has 0 radical (unpaired) electrons. The van der Waals surface area contributed by atoms with E-state index < -0.39 is 5.97 Å². The van der Waals surface area contributed by atoms with Crippen LogP contribution in [-0.2, 0) is 11.3 Å². The van der Waals surface area contributed by atoms with Gasteiger partial charge >= 0.3 is 11.8 Å². The number of carboxylic acid groups (broad SMARTS) is 1. The minimum atomic E-state index is -1.01. The highest BCUT2D eigenvalue weighted by molar-refractivity contribution is 5.64. The van der Waals surface area contributed by atoms with Crippen LogP contribution in [-0.4, -0.2) is 55.6 Å². The molecule has 3 heterocycles. The Morgan fingerprint density at radius 1 is 1.27 bits per heavy atom. The number of tetrazole rings is 1. The number of benzene rings is 1. The Labute approximate surface area is 148 Å². The van der Waals surface area contributed by atoms with Gasteiger partial charge < -0.3 is 14.7 Å². The van der Waals surface area contributed by atoms with Crippen LogP contribution in [0.2, 0.25) is 0 Å². The first-order valence-corrected chi connectivity index (χ1v) is 8.01. The van der Waals surface area contributed by atoms with Gasteiger partial charge in [0.05, 0.1) is 30.6 Å². The Kier molecular flexibility index (Phi) is 4.14. The van der Waals surface area contributed by atoms with E-state index in [4.69, 9.17) is 9.84 Å². The van der Waals surface area contributed by atoms with Gasteiger partial charge in [-0.3, -0.25) is 0 Å². The number of aromatic amines is 1. The van der Waals surface area contributed by atoms with E-state index >= 15 is 0 Å². The van der Waals surface area contributed by atoms with Gasteiger partial charge in [0.25, 0.3) is 0 Å². The maximum atomic E-state index is 10.7. The van der Waals surface area contributed by atoms with Crippen molar-refractivity contribution in [3.63, 3.8) is 0 Å². The molecule has 1 aliphatic heterocycles. The molecule has 1 fully saturated rings.